The number of fused-ring (bicyclic) bond motifs is 1. The Hall–Kier alpha value is -3.65. The van der Waals surface area contributed by atoms with Crippen molar-refractivity contribution in [3.63, 3.8) is 0 Å². The van der Waals surface area contributed by atoms with E-state index in [1.54, 1.807) is 25.6 Å². The Labute approximate surface area is 185 Å². The van der Waals surface area contributed by atoms with E-state index in [0.717, 1.165) is 47.6 Å². The van der Waals surface area contributed by atoms with Crippen molar-refractivity contribution < 1.29 is 14.0 Å². The van der Waals surface area contributed by atoms with Crippen molar-refractivity contribution in [2.24, 2.45) is 5.16 Å². The monoisotopic (exact) mass is 433 g/mol. The molecule has 1 unspecified atom stereocenters. The van der Waals surface area contributed by atoms with Crippen LogP contribution in [0, 0.1) is 12.7 Å². The zero-order chi connectivity index (χ0) is 22.1. The fourth-order valence-corrected chi connectivity index (χ4v) is 4.15. The molecule has 2 aliphatic heterocycles. The number of hydrogen-bond donors (Lipinski definition) is 1. The minimum Gasteiger partial charge on any atom is -0.495 e. The fraction of sp³-hybridized carbons (Fsp3) is 0.250. The van der Waals surface area contributed by atoms with E-state index < -0.39 is 5.72 Å². The Morgan fingerprint density at radius 1 is 1.19 bits per heavy atom. The lowest BCUT2D eigenvalue weighted by Gasteiger charge is -2.40. The molecule has 3 heterocycles. The molecule has 0 saturated carbocycles. The molecule has 1 fully saturated rings. The molecule has 0 bridgehead atoms. The summed E-state index contributed by atoms with van der Waals surface area (Å²) in [7, 11) is 1.65. The van der Waals surface area contributed by atoms with Gasteiger partial charge in [0.25, 0.3) is 0 Å². The number of hydrogen-bond acceptors (Lipinski definition) is 6. The molecular weight excluding hydrogens is 409 g/mol. The summed E-state index contributed by atoms with van der Waals surface area (Å²) < 4.78 is 21.0. The van der Waals surface area contributed by atoms with E-state index in [-0.39, 0.29) is 5.82 Å². The van der Waals surface area contributed by atoms with Gasteiger partial charge in [0.15, 0.2) is 5.84 Å². The van der Waals surface area contributed by atoms with Crippen LogP contribution in [0.3, 0.4) is 0 Å². The first-order chi connectivity index (χ1) is 15.6. The zero-order valence-electron chi connectivity index (χ0n) is 18.0. The smallest absolute Gasteiger partial charge is 0.250 e. The topological polar surface area (TPSA) is 63.9 Å². The van der Waals surface area contributed by atoms with Crippen LogP contribution in [-0.2, 0) is 10.6 Å². The zero-order valence-corrected chi connectivity index (χ0v) is 18.0. The summed E-state index contributed by atoms with van der Waals surface area (Å²) in [5.74, 6) is 1.12. The molecule has 5 rings (SSSR count). The molecule has 0 aliphatic carbocycles. The van der Waals surface area contributed by atoms with Crippen LogP contribution in [0.5, 0.6) is 5.75 Å². The van der Waals surface area contributed by atoms with Gasteiger partial charge in [0, 0.05) is 24.7 Å². The van der Waals surface area contributed by atoms with Crippen LogP contribution in [0.1, 0.15) is 29.7 Å². The van der Waals surface area contributed by atoms with E-state index in [4.69, 9.17) is 9.57 Å². The van der Waals surface area contributed by atoms with Crippen LogP contribution in [-0.4, -0.2) is 34.1 Å². The lowest BCUT2D eigenvalue weighted by molar-refractivity contribution is -0.144. The number of aryl methyl sites for hydroxylation is 1. The Morgan fingerprint density at radius 2 is 2.03 bits per heavy atom. The summed E-state index contributed by atoms with van der Waals surface area (Å²) in [6.07, 6.45) is 9.26. The van der Waals surface area contributed by atoms with Gasteiger partial charge in [-0.15, -0.1) is 0 Å². The van der Waals surface area contributed by atoms with E-state index in [0.29, 0.717) is 5.84 Å². The number of amidine groups is 1. The Morgan fingerprint density at radius 3 is 2.78 bits per heavy atom. The predicted octanol–water partition coefficient (Wildman–Crippen LogP) is 4.14. The fourth-order valence-electron chi connectivity index (χ4n) is 4.15. The van der Waals surface area contributed by atoms with Gasteiger partial charge in [-0.2, -0.15) is 0 Å². The maximum Gasteiger partial charge on any atom is 0.250 e. The number of nitrogens with zero attached hydrogens (tertiary/aromatic N) is 4. The summed E-state index contributed by atoms with van der Waals surface area (Å²) in [6, 6.07) is 12.4. The molecule has 1 aromatic heterocycles. The average molecular weight is 433 g/mol. The van der Waals surface area contributed by atoms with E-state index in [1.807, 2.05) is 53.0 Å². The van der Waals surface area contributed by atoms with Crippen molar-refractivity contribution in [2.45, 2.75) is 25.5 Å². The van der Waals surface area contributed by atoms with Crippen molar-refractivity contribution in [2.75, 3.05) is 13.7 Å². The first-order valence-corrected chi connectivity index (χ1v) is 10.5. The lowest BCUT2D eigenvalue weighted by atomic mass is 9.95. The number of ether oxygens (including phenoxy) is 1. The van der Waals surface area contributed by atoms with Gasteiger partial charge in [0.2, 0.25) is 5.72 Å². The van der Waals surface area contributed by atoms with Gasteiger partial charge in [-0.25, -0.2) is 19.8 Å². The molecule has 1 atom stereocenters. The van der Waals surface area contributed by atoms with E-state index >= 15 is 0 Å². The van der Waals surface area contributed by atoms with Crippen molar-refractivity contribution in [1.29, 1.82) is 0 Å². The number of halogens is 1. The van der Waals surface area contributed by atoms with Gasteiger partial charge in [0.1, 0.15) is 11.6 Å². The molecule has 1 N–H and O–H groups in total. The Bertz CT molecular complexity index is 1190. The first-order valence-electron chi connectivity index (χ1n) is 10.5. The Kier molecular flexibility index (Phi) is 5.14. The SMILES string of the molecule is COc1cc(/C=C/C2=NOC3(c4ccc(F)cc4)CCCNN23)ccc1-n1cnc(C)c1. The first kappa shape index (κ1) is 20.3. The van der Waals surface area contributed by atoms with Crippen LogP contribution in [0.4, 0.5) is 4.39 Å². The highest BCUT2D eigenvalue weighted by atomic mass is 19.1. The third kappa shape index (κ3) is 3.52. The van der Waals surface area contributed by atoms with E-state index in [9.17, 15) is 4.39 Å². The third-order valence-electron chi connectivity index (χ3n) is 5.76. The largest absolute Gasteiger partial charge is 0.495 e. The van der Waals surface area contributed by atoms with Gasteiger partial charge in [-0.05, 0) is 49.2 Å². The van der Waals surface area contributed by atoms with E-state index in [1.165, 1.54) is 12.1 Å². The lowest BCUT2D eigenvalue weighted by Crippen LogP contribution is -2.56. The molecule has 1 saturated heterocycles. The van der Waals surface area contributed by atoms with Crippen molar-refractivity contribution >= 4 is 11.9 Å². The van der Waals surface area contributed by atoms with Crippen molar-refractivity contribution in [3.8, 4) is 11.4 Å². The number of aromatic nitrogens is 2. The molecule has 2 aromatic carbocycles. The van der Waals surface area contributed by atoms with Crippen LogP contribution in [0.15, 0.2) is 66.2 Å². The summed E-state index contributed by atoms with van der Waals surface area (Å²) in [6.45, 7) is 2.76. The Balaban J connectivity index is 1.40. The number of rotatable bonds is 5. The molecule has 8 heteroatoms. The molecule has 32 heavy (non-hydrogen) atoms. The second kappa shape index (κ2) is 8.12. The number of hydrazine groups is 1. The minimum atomic E-state index is -0.771. The quantitative estimate of drug-likeness (QED) is 0.655. The van der Waals surface area contributed by atoms with Crippen molar-refractivity contribution in [3.05, 3.63) is 83.7 Å². The van der Waals surface area contributed by atoms with Crippen LogP contribution >= 0.6 is 0 Å². The van der Waals surface area contributed by atoms with Crippen LogP contribution in [0.2, 0.25) is 0 Å². The van der Waals surface area contributed by atoms with E-state index in [2.05, 4.69) is 15.6 Å². The molecular formula is C24H24FN5O2. The number of benzene rings is 2. The molecule has 164 valence electrons. The van der Waals surface area contributed by atoms with Gasteiger partial charge >= 0.3 is 0 Å². The molecule has 0 radical (unpaired) electrons. The summed E-state index contributed by atoms with van der Waals surface area (Å²) in [5, 5.41) is 6.26. The normalized spacial score (nSPS) is 20.2. The summed E-state index contributed by atoms with van der Waals surface area (Å²) >= 11 is 0. The molecule has 7 nitrogen and oxygen atoms in total. The van der Waals surface area contributed by atoms with Gasteiger partial charge in [-0.1, -0.05) is 29.4 Å². The maximum atomic E-state index is 13.5. The molecule has 3 aromatic rings. The van der Waals surface area contributed by atoms with Gasteiger partial charge in [-0.3, -0.25) is 0 Å². The standard InChI is InChI=1S/C24H24FN5O2/c1-17-15-29(16-26-17)21-10-4-18(14-22(21)31-2)5-11-23-28-32-24(12-3-13-27-30(23)24)19-6-8-20(25)9-7-19/h4-11,14-16,27H,3,12-13H2,1-2H3/b11-5+. The third-order valence-corrected chi connectivity index (χ3v) is 5.76. The number of methoxy groups -OCH3 is 1. The second-order valence-electron chi connectivity index (χ2n) is 7.87. The highest BCUT2D eigenvalue weighted by molar-refractivity contribution is 5.97. The van der Waals surface area contributed by atoms with Crippen LogP contribution in [0.25, 0.3) is 11.8 Å². The highest BCUT2D eigenvalue weighted by Crippen LogP contribution is 2.40. The summed E-state index contributed by atoms with van der Waals surface area (Å²) in [5.41, 5.74) is 6.28. The average Bonchev–Trinajstić information content (AvgIpc) is 3.42. The molecule has 2 aliphatic rings. The number of nitrogens with one attached hydrogen (secondary N) is 1. The highest BCUT2D eigenvalue weighted by Gasteiger charge is 2.49. The van der Waals surface area contributed by atoms with Crippen LogP contribution < -0.4 is 10.2 Å². The predicted molar refractivity (Wildman–Crippen MR) is 120 cm³/mol. The van der Waals surface area contributed by atoms with Gasteiger partial charge < -0.3 is 14.1 Å². The molecule has 0 spiro atoms. The van der Waals surface area contributed by atoms with Gasteiger partial charge in [0.05, 0.1) is 24.8 Å². The number of imidazole rings is 1. The molecule has 0 amide bonds. The second-order valence-corrected chi connectivity index (χ2v) is 7.87. The van der Waals surface area contributed by atoms with Crippen molar-refractivity contribution in [1.82, 2.24) is 20.0 Å². The number of oxime groups is 1. The summed E-state index contributed by atoms with van der Waals surface area (Å²) in [4.78, 5) is 10.2. The maximum absolute atomic E-state index is 13.5. The minimum absolute atomic E-state index is 0.275.